The lowest BCUT2D eigenvalue weighted by atomic mass is 10.0. The molecule has 0 saturated heterocycles. The van der Waals surface area contributed by atoms with Gasteiger partial charge in [0, 0.05) is 18.7 Å². The largest absolute Gasteiger partial charge is 0.481 e. The Morgan fingerprint density at radius 3 is 2.85 bits per heavy atom. The van der Waals surface area contributed by atoms with Crippen LogP contribution in [0.3, 0.4) is 0 Å². The summed E-state index contributed by atoms with van der Waals surface area (Å²) in [5.41, 5.74) is 1.11. The fraction of sp³-hybridized carbons (Fsp3) is 0.294. The number of aliphatic hydroxyl groups is 1. The van der Waals surface area contributed by atoms with Crippen molar-refractivity contribution < 1.29 is 9.84 Å². The molecule has 0 bridgehead atoms. The van der Waals surface area contributed by atoms with Crippen LogP contribution in [0.1, 0.15) is 12.0 Å². The van der Waals surface area contributed by atoms with Gasteiger partial charge in [0.2, 0.25) is 0 Å². The van der Waals surface area contributed by atoms with Crippen LogP contribution in [0.2, 0.25) is 0 Å². The lowest BCUT2D eigenvalue weighted by Crippen LogP contribution is -2.16. The highest BCUT2D eigenvalue weighted by Gasteiger charge is 2.08. The molecule has 0 heterocycles. The summed E-state index contributed by atoms with van der Waals surface area (Å²) in [7, 11) is 0. The number of hydrogen-bond donors (Lipinski definition) is 2. The van der Waals surface area contributed by atoms with Gasteiger partial charge in [-0.1, -0.05) is 36.3 Å². The Kier molecular flexibility index (Phi) is 5.43. The van der Waals surface area contributed by atoms with Crippen LogP contribution in [0.15, 0.2) is 36.4 Å². The fourth-order valence-corrected chi connectivity index (χ4v) is 2.17. The van der Waals surface area contributed by atoms with E-state index in [4.69, 9.17) is 16.3 Å². The first-order valence-corrected chi connectivity index (χ1v) is 6.75. The van der Waals surface area contributed by atoms with Crippen molar-refractivity contribution in [2.45, 2.75) is 13.0 Å². The van der Waals surface area contributed by atoms with Crippen LogP contribution < -0.4 is 10.1 Å². The summed E-state index contributed by atoms with van der Waals surface area (Å²) in [6, 6.07) is 12.2. The summed E-state index contributed by atoms with van der Waals surface area (Å²) < 4.78 is 5.63. The molecule has 2 aromatic carbocycles. The van der Waals surface area contributed by atoms with Crippen LogP contribution in [0.25, 0.3) is 10.8 Å². The normalized spacial score (nSPS) is 10.4. The molecular weight excluding hydrogens is 250 g/mol. The molecule has 0 spiro atoms. The highest BCUT2D eigenvalue weighted by molar-refractivity contribution is 5.87. The van der Waals surface area contributed by atoms with Crippen molar-refractivity contribution in [3.05, 3.63) is 42.0 Å². The van der Waals surface area contributed by atoms with E-state index in [0.717, 1.165) is 24.3 Å². The maximum Gasteiger partial charge on any atom is 0.148 e. The molecule has 0 aromatic heterocycles. The molecule has 0 radical (unpaired) electrons. The molecule has 0 aliphatic heterocycles. The topological polar surface area (TPSA) is 41.5 Å². The van der Waals surface area contributed by atoms with Crippen molar-refractivity contribution in [2.75, 3.05) is 19.8 Å². The molecule has 0 fully saturated rings. The molecule has 0 aliphatic carbocycles. The summed E-state index contributed by atoms with van der Waals surface area (Å²) in [4.78, 5) is 0. The van der Waals surface area contributed by atoms with Gasteiger partial charge in [-0.15, -0.1) is 6.42 Å². The van der Waals surface area contributed by atoms with Crippen molar-refractivity contribution in [1.29, 1.82) is 0 Å². The molecular formula is C17H19NO2. The van der Waals surface area contributed by atoms with Crippen molar-refractivity contribution in [3.8, 4) is 18.1 Å². The van der Waals surface area contributed by atoms with E-state index in [1.165, 1.54) is 10.8 Å². The van der Waals surface area contributed by atoms with E-state index in [2.05, 4.69) is 23.4 Å². The van der Waals surface area contributed by atoms with Gasteiger partial charge in [0.15, 0.2) is 0 Å². The first-order chi connectivity index (χ1) is 9.86. The smallest absolute Gasteiger partial charge is 0.148 e. The second-order valence-corrected chi connectivity index (χ2v) is 4.51. The molecule has 0 aliphatic rings. The molecule has 0 atom stereocenters. The summed E-state index contributed by atoms with van der Waals surface area (Å²) in [5, 5.41) is 14.5. The average molecular weight is 269 g/mol. The third kappa shape index (κ3) is 3.51. The van der Waals surface area contributed by atoms with Gasteiger partial charge < -0.3 is 15.2 Å². The van der Waals surface area contributed by atoms with E-state index < -0.39 is 0 Å². The van der Waals surface area contributed by atoms with Crippen molar-refractivity contribution in [2.24, 2.45) is 0 Å². The van der Waals surface area contributed by atoms with Crippen LogP contribution in [-0.2, 0) is 6.54 Å². The number of hydrogen-bond acceptors (Lipinski definition) is 3. The lowest BCUT2D eigenvalue weighted by Gasteiger charge is -2.13. The number of ether oxygens (including phenoxy) is 1. The van der Waals surface area contributed by atoms with Gasteiger partial charge in [0.25, 0.3) is 0 Å². The number of nitrogens with one attached hydrogen (secondary N) is 1. The fourth-order valence-electron chi connectivity index (χ4n) is 2.17. The predicted molar refractivity (Wildman–Crippen MR) is 81.7 cm³/mol. The Hall–Kier alpha value is -2.02. The minimum Gasteiger partial charge on any atom is -0.481 e. The van der Waals surface area contributed by atoms with E-state index in [9.17, 15) is 0 Å². The van der Waals surface area contributed by atoms with Gasteiger partial charge in [0.1, 0.15) is 12.4 Å². The Morgan fingerprint density at radius 2 is 2.05 bits per heavy atom. The van der Waals surface area contributed by atoms with Crippen molar-refractivity contribution in [3.63, 3.8) is 0 Å². The zero-order valence-electron chi connectivity index (χ0n) is 11.4. The highest BCUT2D eigenvalue weighted by Crippen LogP contribution is 2.28. The third-order valence-electron chi connectivity index (χ3n) is 3.12. The Balaban J connectivity index is 2.27. The van der Waals surface area contributed by atoms with E-state index in [1.54, 1.807) is 0 Å². The second-order valence-electron chi connectivity index (χ2n) is 4.51. The van der Waals surface area contributed by atoms with E-state index >= 15 is 0 Å². The maximum atomic E-state index is 8.82. The van der Waals surface area contributed by atoms with Crippen molar-refractivity contribution >= 4 is 10.8 Å². The first kappa shape index (κ1) is 14.4. The van der Waals surface area contributed by atoms with E-state index in [1.807, 2.05) is 24.3 Å². The second kappa shape index (κ2) is 7.54. The predicted octanol–water partition coefficient (Wildman–Crippen LogP) is 2.32. The molecule has 2 rings (SSSR count). The Labute approximate surface area is 119 Å². The zero-order chi connectivity index (χ0) is 14.2. The average Bonchev–Trinajstić information content (AvgIpc) is 2.50. The molecule has 2 aromatic rings. The molecule has 20 heavy (non-hydrogen) atoms. The zero-order valence-corrected chi connectivity index (χ0v) is 11.4. The number of rotatable bonds is 7. The quantitative estimate of drug-likeness (QED) is 0.599. The lowest BCUT2D eigenvalue weighted by molar-refractivity contribution is 0.286. The van der Waals surface area contributed by atoms with Crippen LogP contribution in [0, 0.1) is 12.3 Å². The standard InChI is InChI=1S/C17H19NO2/c1-2-12-20-17-9-8-14-6-3-4-7-15(14)16(17)13-18-10-5-11-19/h1,3-4,6-9,18-19H,5,10-13H2. The Bertz CT molecular complexity index is 601. The number of fused-ring (bicyclic) bond motifs is 1. The van der Waals surface area contributed by atoms with Gasteiger partial charge in [-0.25, -0.2) is 0 Å². The summed E-state index contributed by atoms with van der Waals surface area (Å²) in [6.45, 7) is 1.93. The van der Waals surface area contributed by atoms with Gasteiger partial charge >= 0.3 is 0 Å². The molecule has 3 heteroatoms. The minimum atomic E-state index is 0.197. The molecule has 3 nitrogen and oxygen atoms in total. The van der Waals surface area contributed by atoms with Gasteiger partial charge in [-0.2, -0.15) is 0 Å². The number of terminal acetylenes is 1. The van der Waals surface area contributed by atoms with Gasteiger partial charge in [0.05, 0.1) is 0 Å². The Morgan fingerprint density at radius 1 is 1.20 bits per heavy atom. The SMILES string of the molecule is C#CCOc1ccc2ccccc2c1CNCCCO. The maximum absolute atomic E-state index is 8.82. The van der Waals surface area contributed by atoms with E-state index in [-0.39, 0.29) is 13.2 Å². The first-order valence-electron chi connectivity index (χ1n) is 6.75. The van der Waals surface area contributed by atoms with E-state index in [0.29, 0.717) is 6.54 Å². The highest BCUT2D eigenvalue weighted by atomic mass is 16.5. The number of benzene rings is 2. The monoisotopic (exact) mass is 269 g/mol. The summed E-state index contributed by atoms with van der Waals surface area (Å²) >= 11 is 0. The third-order valence-corrected chi connectivity index (χ3v) is 3.12. The minimum absolute atomic E-state index is 0.197. The van der Waals surface area contributed by atoms with Crippen LogP contribution in [0.4, 0.5) is 0 Å². The number of aliphatic hydroxyl groups excluding tert-OH is 1. The van der Waals surface area contributed by atoms with Crippen LogP contribution >= 0.6 is 0 Å². The van der Waals surface area contributed by atoms with Gasteiger partial charge in [-0.05, 0) is 29.8 Å². The van der Waals surface area contributed by atoms with Crippen LogP contribution in [-0.4, -0.2) is 24.9 Å². The summed E-state index contributed by atoms with van der Waals surface area (Å²) in [6.07, 6.45) is 6.00. The molecule has 0 saturated carbocycles. The molecule has 2 N–H and O–H groups in total. The van der Waals surface area contributed by atoms with Crippen molar-refractivity contribution in [1.82, 2.24) is 5.32 Å². The van der Waals surface area contributed by atoms with Crippen LogP contribution in [0.5, 0.6) is 5.75 Å². The summed E-state index contributed by atoms with van der Waals surface area (Å²) in [5.74, 6) is 3.31. The molecule has 104 valence electrons. The molecule has 0 unspecified atom stereocenters. The molecule has 0 amide bonds. The van der Waals surface area contributed by atoms with Gasteiger partial charge in [-0.3, -0.25) is 0 Å².